The first-order chi connectivity index (χ1) is 12.6. The summed E-state index contributed by atoms with van der Waals surface area (Å²) in [5, 5.41) is 20.0. The molecule has 0 saturated heterocycles. The highest BCUT2D eigenvalue weighted by molar-refractivity contribution is 5.96. The van der Waals surface area contributed by atoms with E-state index >= 15 is 0 Å². The molecule has 1 aromatic heterocycles. The number of nitrogens with zero attached hydrogens (tertiary/aromatic N) is 1. The van der Waals surface area contributed by atoms with Gasteiger partial charge in [0.1, 0.15) is 11.5 Å². The van der Waals surface area contributed by atoms with Crippen LogP contribution in [0.3, 0.4) is 0 Å². The molecule has 1 aliphatic heterocycles. The lowest BCUT2D eigenvalue weighted by atomic mass is 9.84. The quantitative estimate of drug-likeness (QED) is 0.674. The van der Waals surface area contributed by atoms with Crippen molar-refractivity contribution in [2.45, 2.75) is 19.3 Å². The van der Waals surface area contributed by atoms with Crippen LogP contribution in [0.2, 0.25) is 0 Å². The Bertz CT molecular complexity index is 994. The minimum absolute atomic E-state index is 0.0723. The number of amides is 1. The molecule has 6 nitrogen and oxygen atoms in total. The third-order valence-corrected chi connectivity index (χ3v) is 4.78. The Labute approximate surface area is 150 Å². The highest BCUT2D eigenvalue weighted by Gasteiger charge is 2.32. The van der Waals surface area contributed by atoms with E-state index in [2.05, 4.69) is 15.5 Å². The molecular weight excluding hydrogens is 330 g/mol. The number of phenolic OH excluding ortho intramolecular Hbond substituents is 1. The van der Waals surface area contributed by atoms with Crippen molar-refractivity contribution in [3.63, 3.8) is 0 Å². The summed E-state index contributed by atoms with van der Waals surface area (Å²) < 4.78 is 5.32. The van der Waals surface area contributed by atoms with Gasteiger partial charge in [0, 0.05) is 23.5 Å². The normalized spacial score (nSPS) is 16.1. The zero-order chi connectivity index (χ0) is 18.3. The summed E-state index contributed by atoms with van der Waals surface area (Å²) in [5.74, 6) is 1.34. The van der Waals surface area contributed by atoms with E-state index < -0.39 is 0 Å². The van der Waals surface area contributed by atoms with E-state index in [0.717, 1.165) is 33.7 Å². The van der Waals surface area contributed by atoms with Crippen LogP contribution in [0.4, 0.5) is 5.82 Å². The molecular formula is C20H19N3O3. The highest BCUT2D eigenvalue weighted by Crippen LogP contribution is 2.42. The molecule has 0 radical (unpaired) electrons. The molecule has 0 spiro atoms. The van der Waals surface area contributed by atoms with Crippen LogP contribution in [0.5, 0.6) is 11.5 Å². The number of nitrogens with one attached hydrogen (secondary N) is 2. The molecule has 26 heavy (non-hydrogen) atoms. The number of aryl methyl sites for hydroxylation is 1. The number of aromatic amines is 1. The number of carbonyl (C=O) groups excluding carboxylic acids is 1. The third-order valence-electron chi connectivity index (χ3n) is 4.78. The van der Waals surface area contributed by atoms with Crippen LogP contribution in [-0.4, -0.2) is 28.3 Å². The van der Waals surface area contributed by atoms with Crippen molar-refractivity contribution in [3.05, 3.63) is 59.2 Å². The van der Waals surface area contributed by atoms with Crippen molar-refractivity contribution in [2.75, 3.05) is 12.4 Å². The molecule has 3 aromatic rings. The largest absolute Gasteiger partial charge is 0.508 e. The fourth-order valence-corrected chi connectivity index (χ4v) is 3.43. The summed E-state index contributed by atoms with van der Waals surface area (Å²) in [7, 11) is 1.63. The number of methoxy groups -OCH3 is 1. The standard InChI is InChI=1S/C20H19N3O3/c1-11-8-12(6-7-16(11)24)15-10-17(25)21-20-18(15)19(22-23-20)13-4-3-5-14(9-13)26-2/h3-9,15,24H,10H2,1-2H3,(H2,21,22,23,25)/t15-/m1/s1. The van der Waals surface area contributed by atoms with Crippen molar-refractivity contribution >= 4 is 11.7 Å². The average Bonchev–Trinajstić information content (AvgIpc) is 3.07. The number of ether oxygens (including phenoxy) is 1. The lowest BCUT2D eigenvalue weighted by molar-refractivity contribution is -0.116. The van der Waals surface area contributed by atoms with Crippen LogP contribution >= 0.6 is 0 Å². The van der Waals surface area contributed by atoms with Gasteiger partial charge in [-0.05, 0) is 36.2 Å². The van der Waals surface area contributed by atoms with Gasteiger partial charge in [-0.2, -0.15) is 5.10 Å². The lowest BCUT2D eigenvalue weighted by Crippen LogP contribution is -2.23. The van der Waals surface area contributed by atoms with E-state index in [4.69, 9.17) is 4.74 Å². The molecule has 0 unspecified atom stereocenters. The van der Waals surface area contributed by atoms with Crippen LogP contribution in [-0.2, 0) is 4.79 Å². The Balaban J connectivity index is 1.86. The number of phenols is 1. The SMILES string of the molecule is COc1cccc(-c2[nH]nc3c2[C@@H](c2ccc(O)c(C)c2)CC(=O)N3)c1. The average molecular weight is 349 g/mol. The van der Waals surface area contributed by atoms with Crippen LogP contribution in [0, 0.1) is 6.92 Å². The second-order valence-electron chi connectivity index (χ2n) is 6.44. The van der Waals surface area contributed by atoms with Crippen LogP contribution < -0.4 is 10.1 Å². The van der Waals surface area contributed by atoms with E-state index in [1.54, 1.807) is 13.2 Å². The Morgan fingerprint density at radius 1 is 1.23 bits per heavy atom. The number of fused-ring (bicyclic) bond motifs is 1. The molecule has 4 rings (SSSR count). The van der Waals surface area contributed by atoms with Gasteiger partial charge in [0.15, 0.2) is 5.82 Å². The van der Waals surface area contributed by atoms with Crippen molar-refractivity contribution in [2.24, 2.45) is 0 Å². The summed E-state index contributed by atoms with van der Waals surface area (Å²) in [6.07, 6.45) is 0.327. The summed E-state index contributed by atoms with van der Waals surface area (Å²) in [4.78, 5) is 12.2. The zero-order valence-electron chi connectivity index (χ0n) is 14.5. The van der Waals surface area contributed by atoms with E-state index in [9.17, 15) is 9.90 Å². The molecule has 0 aliphatic carbocycles. The molecule has 1 atom stereocenters. The second kappa shape index (κ2) is 6.22. The molecule has 2 heterocycles. The molecule has 1 amide bonds. The van der Waals surface area contributed by atoms with Crippen LogP contribution in [0.15, 0.2) is 42.5 Å². The zero-order valence-corrected chi connectivity index (χ0v) is 14.5. The second-order valence-corrected chi connectivity index (χ2v) is 6.44. The van der Waals surface area contributed by atoms with Crippen molar-refractivity contribution in [1.82, 2.24) is 10.2 Å². The van der Waals surface area contributed by atoms with E-state index in [1.165, 1.54) is 0 Å². The maximum atomic E-state index is 12.2. The number of H-pyrrole nitrogens is 1. The summed E-state index contributed by atoms with van der Waals surface area (Å²) in [6, 6.07) is 13.2. The van der Waals surface area contributed by atoms with Crippen LogP contribution in [0.1, 0.15) is 29.0 Å². The lowest BCUT2D eigenvalue weighted by Gasteiger charge is -2.24. The number of benzene rings is 2. The van der Waals surface area contributed by atoms with Gasteiger partial charge in [0.2, 0.25) is 5.91 Å². The maximum Gasteiger partial charge on any atom is 0.226 e. The van der Waals surface area contributed by atoms with E-state index in [0.29, 0.717) is 12.2 Å². The first-order valence-corrected chi connectivity index (χ1v) is 8.39. The smallest absolute Gasteiger partial charge is 0.226 e. The number of aromatic nitrogens is 2. The molecule has 0 fully saturated rings. The molecule has 0 saturated carbocycles. The monoisotopic (exact) mass is 349 g/mol. The minimum atomic E-state index is -0.141. The fraction of sp³-hybridized carbons (Fsp3) is 0.200. The first-order valence-electron chi connectivity index (χ1n) is 8.39. The number of hydrogen-bond donors (Lipinski definition) is 3. The van der Waals surface area contributed by atoms with Crippen LogP contribution in [0.25, 0.3) is 11.3 Å². The number of aromatic hydroxyl groups is 1. The number of carbonyl (C=O) groups is 1. The number of hydrogen-bond acceptors (Lipinski definition) is 4. The van der Waals surface area contributed by atoms with Gasteiger partial charge in [-0.15, -0.1) is 0 Å². The fourth-order valence-electron chi connectivity index (χ4n) is 3.43. The van der Waals surface area contributed by atoms with Gasteiger partial charge in [-0.1, -0.05) is 24.3 Å². The Morgan fingerprint density at radius 2 is 2.08 bits per heavy atom. The molecule has 1 aliphatic rings. The van der Waals surface area contributed by atoms with Crippen molar-refractivity contribution < 1.29 is 14.6 Å². The summed E-state index contributed by atoms with van der Waals surface area (Å²) in [5.41, 5.74) is 4.50. The first kappa shape index (κ1) is 16.2. The Hall–Kier alpha value is -3.28. The van der Waals surface area contributed by atoms with E-state index in [-0.39, 0.29) is 17.6 Å². The molecule has 2 aromatic carbocycles. The number of rotatable bonds is 3. The molecule has 132 valence electrons. The molecule has 0 bridgehead atoms. The maximum absolute atomic E-state index is 12.2. The predicted octanol–water partition coefficient (Wildman–Crippen LogP) is 3.57. The van der Waals surface area contributed by atoms with Gasteiger partial charge in [-0.25, -0.2) is 0 Å². The molecule has 6 heteroatoms. The predicted molar refractivity (Wildman–Crippen MR) is 98.5 cm³/mol. The summed E-state index contributed by atoms with van der Waals surface area (Å²) in [6.45, 7) is 1.85. The van der Waals surface area contributed by atoms with Gasteiger partial charge in [-0.3, -0.25) is 9.89 Å². The molecule has 3 N–H and O–H groups in total. The van der Waals surface area contributed by atoms with Gasteiger partial charge in [0.25, 0.3) is 0 Å². The minimum Gasteiger partial charge on any atom is -0.508 e. The topological polar surface area (TPSA) is 87.2 Å². The van der Waals surface area contributed by atoms with Crippen molar-refractivity contribution in [1.29, 1.82) is 0 Å². The Kier molecular flexibility index (Phi) is 3.88. The number of anilines is 1. The summed E-state index contributed by atoms with van der Waals surface area (Å²) >= 11 is 0. The van der Waals surface area contributed by atoms with Gasteiger partial charge < -0.3 is 15.2 Å². The Morgan fingerprint density at radius 3 is 2.85 bits per heavy atom. The van der Waals surface area contributed by atoms with Gasteiger partial charge >= 0.3 is 0 Å². The highest BCUT2D eigenvalue weighted by atomic mass is 16.5. The third kappa shape index (κ3) is 2.69. The van der Waals surface area contributed by atoms with E-state index in [1.807, 2.05) is 43.3 Å². The van der Waals surface area contributed by atoms with Gasteiger partial charge in [0.05, 0.1) is 12.8 Å². The van der Waals surface area contributed by atoms with Crippen molar-refractivity contribution in [3.8, 4) is 22.8 Å².